The molecular weight excluding hydrogens is 358 g/mol. The van der Waals surface area contributed by atoms with Crippen molar-refractivity contribution in [2.24, 2.45) is 0 Å². The Labute approximate surface area is 156 Å². The first-order valence-corrected chi connectivity index (χ1v) is 10.0. The number of carbonyl (C=O) groups excluding carboxylic acids is 1. The molecule has 0 radical (unpaired) electrons. The van der Waals surface area contributed by atoms with E-state index in [1.807, 2.05) is 6.92 Å². The molecule has 0 heterocycles. The zero-order valence-corrected chi connectivity index (χ0v) is 16.7. The molecule has 0 aliphatic carbocycles. The van der Waals surface area contributed by atoms with Crippen LogP contribution in [0.5, 0.6) is 0 Å². The third-order valence-electron chi connectivity index (χ3n) is 3.11. The predicted octanol–water partition coefficient (Wildman–Crippen LogP) is 3.02. The van der Waals surface area contributed by atoms with Gasteiger partial charge in [0, 0.05) is 19.8 Å². The highest BCUT2D eigenvalue weighted by atomic mass is 32.2. The molecule has 7 nitrogen and oxygen atoms in total. The van der Waals surface area contributed by atoms with Crippen LogP contribution in [0, 0.1) is 6.92 Å². The molecule has 0 aromatic heterocycles. The first-order chi connectivity index (χ1) is 12.1. The molecule has 0 bridgehead atoms. The van der Waals surface area contributed by atoms with Crippen molar-refractivity contribution < 1.29 is 26.9 Å². The van der Waals surface area contributed by atoms with Gasteiger partial charge in [0.2, 0.25) is 0 Å². The zero-order chi connectivity index (χ0) is 19.6. The number of nitrogens with one attached hydrogen (secondary N) is 1. The fourth-order valence-electron chi connectivity index (χ4n) is 1.88. The topological polar surface area (TPSA) is 90.9 Å². The van der Waals surface area contributed by atoms with E-state index in [1.54, 1.807) is 32.9 Å². The van der Waals surface area contributed by atoms with Gasteiger partial charge in [-0.25, -0.2) is 4.79 Å². The number of carbonyl (C=O) groups is 1. The summed E-state index contributed by atoms with van der Waals surface area (Å²) in [6.07, 6.45) is 0.652. The van der Waals surface area contributed by atoms with Gasteiger partial charge in [-0.1, -0.05) is 17.7 Å². The molecule has 1 aromatic rings. The molecule has 1 aromatic carbocycles. The second-order valence-corrected chi connectivity index (χ2v) is 8.45. The summed E-state index contributed by atoms with van der Waals surface area (Å²) in [5.74, 6) is 0. The minimum absolute atomic E-state index is 0.0619. The number of hydrogen-bond donors (Lipinski definition) is 1. The Morgan fingerprint density at radius 1 is 1.04 bits per heavy atom. The molecule has 0 aliphatic rings. The molecule has 0 saturated heterocycles. The van der Waals surface area contributed by atoms with Crippen molar-refractivity contribution in [3.63, 3.8) is 0 Å². The molecule has 0 aliphatic heterocycles. The summed E-state index contributed by atoms with van der Waals surface area (Å²) < 4.78 is 39.4. The number of hydrogen-bond acceptors (Lipinski definition) is 6. The number of amides is 1. The maximum absolute atomic E-state index is 12.0. The van der Waals surface area contributed by atoms with Crippen LogP contribution >= 0.6 is 0 Å². The van der Waals surface area contributed by atoms with Gasteiger partial charge in [-0.2, -0.15) is 8.42 Å². The normalized spacial score (nSPS) is 12.0. The zero-order valence-electron chi connectivity index (χ0n) is 15.9. The first-order valence-electron chi connectivity index (χ1n) is 8.61. The summed E-state index contributed by atoms with van der Waals surface area (Å²) in [5, 5.41) is 2.64. The molecule has 0 unspecified atom stereocenters. The lowest BCUT2D eigenvalue weighted by Gasteiger charge is -2.19. The highest BCUT2D eigenvalue weighted by molar-refractivity contribution is 7.86. The molecule has 26 heavy (non-hydrogen) atoms. The van der Waals surface area contributed by atoms with Crippen molar-refractivity contribution in [1.82, 2.24) is 5.32 Å². The van der Waals surface area contributed by atoms with Crippen LogP contribution in [-0.4, -0.2) is 46.5 Å². The maximum atomic E-state index is 12.0. The predicted molar refractivity (Wildman–Crippen MR) is 98.6 cm³/mol. The van der Waals surface area contributed by atoms with Crippen LogP contribution in [0.15, 0.2) is 29.2 Å². The summed E-state index contributed by atoms with van der Waals surface area (Å²) in [6, 6.07) is 6.51. The van der Waals surface area contributed by atoms with Crippen LogP contribution in [0.25, 0.3) is 0 Å². The molecule has 0 atom stereocenters. The van der Waals surface area contributed by atoms with Crippen LogP contribution < -0.4 is 5.32 Å². The summed E-state index contributed by atoms with van der Waals surface area (Å²) >= 11 is 0. The van der Waals surface area contributed by atoms with Crippen LogP contribution in [0.1, 0.15) is 39.2 Å². The molecule has 0 fully saturated rings. The number of rotatable bonds is 10. The van der Waals surface area contributed by atoms with Crippen LogP contribution in [0.3, 0.4) is 0 Å². The van der Waals surface area contributed by atoms with Crippen molar-refractivity contribution in [1.29, 1.82) is 0 Å². The minimum Gasteiger partial charge on any atom is -0.444 e. The SMILES string of the molecule is Cc1ccc(S(=O)(=O)OCCCOCCCNC(=O)OC(C)(C)C)cc1. The summed E-state index contributed by atoms with van der Waals surface area (Å²) in [4.78, 5) is 11.6. The van der Waals surface area contributed by atoms with E-state index >= 15 is 0 Å². The molecule has 1 rings (SSSR count). The third kappa shape index (κ3) is 9.74. The molecule has 1 N–H and O–H groups in total. The van der Waals surface area contributed by atoms with E-state index in [0.29, 0.717) is 32.6 Å². The lowest BCUT2D eigenvalue weighted by atomic mass is 10.2. The van der Waals surface area contributed by atoms with Crippen LogP contribution in [0.2, 0.25) is 0 Å². The minimum atomic E-state index is -3.72. The number of aryl methyl sites for hydroxylation is 1. The van der Waals surface area contributed by atoms with E-state index in [4.69, 9.17) is 13.7 Å². The van der Waals surface area contributed by atoms with Gasteiger partial charge in [0.05, 0.1) is 11.5 Å². The molecule has 1 amide bonds. The van der Waals surface area contributed by atoms with Crippen molar-refractivity contribution in [3.05, 3.63) is 29.8 Å². The van der Waals surface area contributed by atoms with E-state index in [1.165, 1.54) is 12.1 Å². The summed E-state index contributed by atoms with van der Waals surface area (Å²) in [5.41, 5.74) is 0.470. The van der Waals surface area contributed by atoms with E-state index < -0.39 is 21.8 Å². The second kappa shape index (κ2) is 10.5. The van der Waals surface area contributed by atoms with Crippen molar-refractivity contribution in [3.8, 4) is 0 Å². The van der Waals surface area contributed by atoms with Crippen molar-refractivity contribution in [2.45, 2.75) is 51.0 Å². The molecule has 0 spiro atoms. The number of alkyl carbamates (subject to hydrolysis) is 1. The Bertz CT molecular complexity index is 649. The quantitative estimate of drug-likeness (QED) is 0.490. The highest BCUT2D eigenvalue weighted by Gasteiger charge is 2.15. The Hall–Kier alpha value is -1.64. The van der Waals surface area contributed by atoms with Gasteiger partial charge in [-0.15, -0.1) is 0 Å². The van der Waals surface area contributed by atoms with E-state index in [0.717, 1.165) is 5.56 Å². The Kier molecular flexibility index (Phi) is 9.04. The molecule has 0 saturated carbocycles. The average Bonchev–Trinajstić information content (AvgIpc) is 2.52. The fraction of sp³-hybridized carbons (Fsp3) is 0.611. The Morgan fingerprint density at radius 3 is 2.27 bits per heavy atom. The number of ether oxygens (including phenoxy) is 2. The average molecular weight is 387 g/mol. The third-order valence-corrected chi connectivity index (χ3v) is 4.44. The largest absolute Gasteiger partial charge is 0.444 e. The van der Waals surface area contributed by atoms with E-state index in [9.17, 15) is 13.2 Å². The Balaban J connectivity index is 2.07. The monoisotopic (exact) mass is 387 g/mol. The van der Waals surface area contributed by atoms with E-state index in [-0.39, 0.29) is 11.5 Å². The van der Waals surface area contributed by atoms with Crippen molar-refractivity contribution in [2.75, 3.05) is 26.4 Å². The lowest BCUT2D eigenvalue weighted by Crippen LogP contribution is -2.33. The standard InChI is InChI=1S/C18H29NO6S/c1-15-7-9-16(10-8-15)26(21,22)24-14-6-13-23-12-5-11-19-17(20)25-18(2,3)4/h7-10H,5-6,11-14H2,1-4H3,(H,19,20). The van der Waals surface area contributed by atoms with Gasteiger partial charge in [0.1, 0.15) is 5.60 Å². The maximum Gasteiger partial charge on any atom is 0.407 e. The molecular formula is C18H29NO6S. The van der Waals surface area contributed by atoms with Gasteiger partial charge in [-0.3, -0.25) is 4.18 Å². The fourth-order valence-corrected chi connectivity index (χ4v) is 2.83. The van der Waals surface area contributed by atoms with Gasteiger partial charge in [0.15, 0.2) is 0 Å². The molecule has 148 valence electrons. The van der Waals surface area contributed by atoms with Gasteiger partial charge >= 0.3 is 6.09 Å². The van der Waals surface area contributed by atoms with Gasteiger partial charge in [-0.05, 0) is 52.7 Å². The summed E-state index contributed by atoms with van der Waals surface area (Å²) in [6.45, 7) is 8.65. The summed E-state index contributed by atoms with van der Waals surface area (Å²) in [7, 11) is -3.72. The van der Waals surface area contributed by atoms with E-state index in [2.05, 4.69) is 5.32 Å². The number of benzene rings is 1. The Morgan fingerprint density at radius 2 is 1.65 bits per heavy atom. The van der Waals surface area contributed by atoms with Crippen LogP contribution in [0.4, 0.5) is 4.79 Å². The first kappa shape index (κ1) is 22.4. The van der Waals surface area contributed by atoms with Crippen molar-refractivity contribution >= 4 is 16.2 Å². The smallest absolute Gasteiger partial charge is 0.407 e. The van der Waals surface area contributed by atoms with Gasteiger partial charge < -0.3 is 14.8 Å². The second-order valence-electron chi connectivity index (χ2n) is 6.84. The lowest BCUT2D eigenvalue weighted by molar-refractivity contribution is 0.0519. The van der Waals surface area contributed by atoms with Crippen LogP contribution in [-0.2, 0) is 23.8 Å². The molecule has 8 heteroatoms. The highest BCUT2D eigenvalue weighted by Crippen LogP contribution is 2.13. The van der Waals surface area contributed by atoms with Gasteiger partial charge in [0.25, 0.3) is 10.1 Å².